The average Bonchev–Trinajstić information content (AvgIpc) is 3.41. The summed E-state index contributed by atoms with van der Waals surface area (Å²) in [5.41, 5.74) is 0.914. The van der Waals surface area contributed by atoms with Gasteiger partial charge in [-0.25, -0.2) is 0 Å². The monoisotopic (exact) mass is 692 g/mol. The van der Waals surface area contributed by atoms with Crippen molar-refractivity contribution in [2.24, 2.45) is 17.8 Å². The fourth-order valence-corrected chi connectivity index (χ4v) is 12.9. The van der Waals surface area contributed by atoms with E-state index in [4.69, 9.17) is 13.9 Å². The summed E-state index contributed by atoms with van der Waals surface area (Å²) in [6, 6.07) is 21.4. The summed E-state index contributed by atoms with van der Waals surface area (Å²) in [5, 5.41) is 24.4. The van der Waals surface area contributed by atoms with Gasteiger partial charge in [0.05, 0.1) is 30.3 Å². The molecular weight excluding hydrogens is 629 g/mol. The first kappa shape index (κ1) is 39.5. The number of rotatable bonds is 7. The molecule has 49 heavy (non-hydrogen) atoms. The van der Waals surface area contributed by atoms with Crippen LogP contribution in [0.5, 0.6) is 0 Å². The van der Waals surface area contributed by atoms with Crippen molar-refractivity contribution in [3.05, 3.63) is 72.8 Å². The van der Waals surface area contributed by atoms with Crippen molar-refractivity contribution in [2.45, 2.75) is 154 Å². The van der Waals surface area contributed by atoms with Gasteiger partial charge in [-0.2, -0.15) is 0 Å². The zero-order valence-corrected chi connectivity index (χ0v) is 32.3. The quantitative estimate of drug-likeness (QED) is 0.176. The molecule has 7 heteroatoms. The maximum atomic E-state index is 13.5. The molecule has 9 atom stereocenters. The second kappa shape index (κ2) is 17.8. The van der Waals surface area contributed by atoms with E-state index in [1.807, 2.05) is 13.8 Å². The topological polar surface area (TPSA) is 85.2 Å². The third-order valence-corrected chi connectivity index (χ3v) is 16.2. The van der Waals surface area contributed by atoms with E-state index >= 15 is 0 Å². The molecule has 2 heterocycles. The van der Waals surface area contributed by atoms with E-state index in [-0.39, 0.29) is 47.3 Å². The van der Waals surface area contributed by atoms with E-state index in [2.05, 4.69) is 102 Å². The lowest BCUT2D eigenvalue weighted by atomic mass is 9.88. The highest BCUT2D eigenvalue weighted by Crippen LogP contribution is 2.38. The van der Waals surface area contributed by atoms with E-state index in [1.165, 1.54) is 10.4 Å². The number of benzene rings is 2. The summed E-state index contributed by atoms with van der Waals surface area (Å²) in [6.45, 7) is 19.5. The van der Waals surface area contributed by atoms with E-state index in [1.54, 1.807) is 0 Å². The summed E-state index contributed by atoms with van der Waals surface area (Å²) < 4.78 is 19.9. The fraction of sp³-hybridized carbons (Fsp3) is 0.643. The minimum absolute atomic E-state index is 0.0368. The van der Waals surface area contributed by atoms with Crippen LogP contribution >= 0.6 is 0 Å². The molecule has 2 fully saturated rings. The Hall–Kier alpha value is -2.29. The first-order chi connectivity index (χ1) is 23.2. The van der Waals surface area contributed by atoms with Crippen LogP contribution in [0.1, 0.15) is 113 Å². The maximum absolute atomic E-state index is 13.5. The lowest BCUT2D eigenvalue weighted by molar-refractivity contribution is -0.154. The number of hydrogen-bond acceptors (Lipinski definition) is 6. The number of aliphatic hydroxyl groups is 2. The van der Waals surface area contributed by atoms with Gasteiger partial charge in [0.1, 0.15) is 6.10 Å². The molecule has 2 aromatic carbocycles. The zero-order valence-electron chi connectivity index (χ0n) is 31.3. The molecule has 0 radical (unpaired) electrons. The van der Waals surface area contributed by atoms with Crippen LogP contribution < -0.4 is 10.4 Å². The summed E-state index contributed by atoms with van der Waals surface area (Å²) in [7, 11) is -2.73. The lowest BCUT2D eigenvalue weighted by Crippen LogP contribution is -2.67. The lowest BCUT2D eigenvalue weighted by Gasteiger charge is -2.44. The highest BCUT2D eigenvalue weighted by molar-refractivity contribution is 6.99. The van der Waals surface area contributed by atoms with Crippen molar-refractivity contribution in [2.75, 3.05) is 0 Å². The Morgan fingerprint density at radius 3 is 2.08 bits per heavy atom. The number of hydrogen-bond donors (Lipinski definition) is 2. The second-order valence-corrected chi connectivity index (χ2v) is 20.6. The molecular formula is C42H64O6Si. The van der Waals surface area contributed by atoms with E-state index < -0.39 is 20.5 Å². The standard InChI is InChI=1S/C42H64O6Si/c1-29-25-32(4)40(44)38(43)28-35-27-31(3)39(46-35)22-16-15-17-30(2)41(45)47-34(26-29)24-23-33(5)48-49(42(6,7)8,36-18-11-9-12-19-36)37-20-13-10-14-21-37/h9-14,18-21,30-35,38-40,43-44H,1,15-17,22-28H2,2-8H3/t30-,31-,32+,33-,34+,35+,38-,39-,40-/m0/s1. The predicted octanol–water partition coefficient (Wildman–Crippen LogP) is 7.73. The number of carbonyl (C=O) groups excluding carboxylic acids is 1. The van der Waals surface area contributed by atoms with Crippen LogP contribution in [-0.4, -0.2) is 61.1 Å². The van der Waals surface area contributed by atoms with Crippen molar-refractivity contribution >= 4 is 24.7 Å². The molecule has 0 unspecified atom stereocenters. The van der Waals surface area contributed by atoms with Gasteiger partial charge in [0.2, 0.25) is 0 Å². The van der Waals surface area contributed by atoms with E-state index in [9.17, 15) is 15.0 Å². The van der Waals surface area contributed by atoms with Crippen LogP contribution in [0.2, 0.25) is 5.04 Å². The summed E-state index contributed by atoms with van der Waals surface area (Å²) in [4.78, 5) is 13.5. The Labute approximate surface area is 297 Å². The number of aliphatic hydroxyl groups excluding tert-OH is 2. The minimum Gasteiger partial charge on any atom is -0.462 e. The molecule has 0 saturated carbocycles. The van der Waals surface area contributed by atoms with Crippen LogP contribution in [-0.2, 0) is 18.7 Å². The van der Waals surface area contributed by atoms with Crippen molar-refractivity contribution in [3.8, 4) is 0 Å². The summed E-state index contributed by atoms with van der Waals surface area (Å²) in [6.07, 6.45) is 5.39. The van der Waals surface area contributed by atoms with Crippen molar-refractivity contribution < 1.29 is 28.9 Å². The largest absolute Gasteiger partial charge is 0.462 e. The molecule has 0 aromatic heterocycles. The Kier molecular flexibility index (Phi) is 14.3. The van der Waals surface area contributed by atoms with Gasteiger partial charge in [-0.3, -0.25) is 4.79 Å². The normalized spacial score (nSPS) is 30.6. The fourth-order valence-electron chi connectivity index (χ4n) is 8.15. The number of carbonyl (C=O) groups is 1. The molecule has 6 nitrogen and oxygen atoms in total. The third kappa shape index (κ3) is 10.4. The van der Waals surface area contributed by atoms with Crippen LogP contribution in [0, 0.1) is 17.8 Å². The van der Waals surface area contributed by atoms with Crippen LogP contribution in [0.15, 0.2) is 72.8 Å². The molecule has 2 aliphatic rings. The number of cyclic esters (lactones) is 1. The first-order valence-electron chi connectivity index (χ1n) is 18.9. The van der Waals surface area contributed by atoms with Crippen LogP contribution in [0.3, 0.4) is 0 Å². The average molecular weight is 693 g/mol. The van der Waals surface area contributed by atoms with Crippen LogP contribution in [0.25, 0.3) is 0 Å². The Balaban J connectivity index is 1.51. The molecule has 272 valence electrons. The Bertz CT molecular complexity index is 1270. The third-order valence-electron chi connectivity index (χ3n) is 11.0. The molecule has 2 N–H and O–H groups in total. The molecule has 2 aromatic rings. The van der Waals surface area contributed by atoms with E-state index in [0.717, 1.165) is 44.1 Å². The van der Waals surface area contributed by atoms with Gasteiger partial charge < -0.3 is 24.1 Å². The van der Waals surface area contributed by atoms with Crippen LogP contribution in [0.4, 0.5) is 0 Å². The van der Waals surface area contributed by atoms with Crippen molar-refractivity contribution in [3.63, 3.8) is 0 Å². The second-order valence-electron chi connectivity index (χ2n) is 16.4. The molecule has 2 aliphatic heterocycles. The van der Waals surface area contributed by atoms with Gasteiger partial charge in [-0.1, -0.05) is 127 Å². The molecule has 4 rings (SSSR count). The molecule has 2 bridgehead atoms. The van der Waals surface area contributed by atoms with Gasteiger partial charge in [-0.05, 0) is 72.7 Å². The molecule has 0 aliphatic carbocycles. The van der Waals surface area contributed by atoms with E-state index in [0.29, 0.717) is 31.6 Å². The Morgan fingerprint density at radius 1 is 0.898 bits per heavy atom. The maximum Gasteiger partial charge on any atom is 0.308 e. The summed E-state index contributed by atoms with van der Waals surface area (Å²) >= 11 is 0. The Morgan fingerprint density at radius 2 is 1.49 bits per heavy atom. The highest BCUT2D eigenvalue weighted by Gasteiger charge is 2.51. The zero-order chi connectivity index (χ0) is 35.8. The van der Waals surface area contributed by atoms with Gasteiger partial charge in [0.25, 0.3) is 8.32 Å². The van der Waals surface area contributed by atoms with Gasteiger partial charge in [0.15, 0.2) is 0 Å². The van der Waals surface area contributed by atoms with Gasteiger partial charge in [-0.15, -0.1) is 0 Å². The predicted molar refractivity (Wildman–Crippen MR) is 202 cm³/mol. The number of fused-ring (bicyclic) bond motifs is 2. The minimum atomic E-state index is -2.73. The smallest absolute Gasteiger partial charge is 0.308 e. The first-order valence-corrected chi connectivity index (χ1v) is 20.8. The van der Waals surface area contributed by atoms with Gasteiger partial charge in [0, 0.05) is 18.9 Å². The summed E-state index contributed by atoms with van der Waals surface area (Å²) in [5.74, 6) is -0.122. The molecule has 2 saturated heterocycles. The van der Waals surface area contributed by atoms with Crippen molar-refractivity contribution in [1.29, 1.82) is 0 Å². The highest BCUT2D eigenvalue weighted by atomic mass is 28.4. The molecule has 0 spiro atoms. The van der Waals surface area contributed by atoms with Gasteiger partial charge >= 0.3 is 5.97 Å². The van der Waals surface area contributed by atoms with Crippen molar-refractivity contribution in [1.82, 2.24) is 0 Å². The number of esters is 1. The SMILES string of the molecule is C=C1C[C@@H](CC[C@H](C)O[Si](c2ccccc2)(c2ccccc2)C(C)(C)C)OC(=O)[C@@H](C)CCCC[C@@H]2O[C@H](C[C@@H]2C)C[C@H](O)[C@@H](O)[C@H](C)C1. The molecule has 0 amide bonds. The number of ether oxygens (including phenoxy) is 2.